The smallest absolute Gasteiger partial charge is 0.286 e. The van der Waals surface area contributed by atoms with Crippen LogP contribution in [0.4, 0.5) is 0 Å². The Morgan fingerprint density at radius 3 is 3.00 bits per heavy atom. The van der Waals surface area contributed by atoms with Crippen LogP contribution in [0.1, 0.15) is 12.5 Å². The fraction of sp³-hybridized carbons (Fsp3) is 0.133. The first-order valence-electron chi connectivity index (χ1n) is 6.05. The molecule has 5 nitrogen and oxygen atoms in total. The van der Waals surface area contributed by atoms with Gasteiger partial charge in [0.05, 0.1) is 4.91 Å². The molecule has 0 unspecified atom stereocenters. The highest BCUT2D eigenvalue weighted by atomic mass is 32.2. The average Bonchev–Trinajstić information content (AvgIpc) is 2.77. The van der Waals surface area contributed by atoms with Gasteiger partial charge in [0.2, 0.25) is 5.91 Å². The van der Waals surface area contributed by atoms with E-state index in [1.807, 2.05) is 18.2 Å². The summed E-state index contributed by atoms with van der Waals surface area (Å²) in [5.74, 6) is 2.31. The first kappa shape index (κ1) is 14.9. The number of hydrogen-bond acceptors (Lipinski definition) is 4. The van der Waals surface area contributed by atoms with Gasteiger partial charge in [-0.05, 0) is 23.9 Å². The van der Waals surface area contributed by atoms with Crippen molar-refractivity contribution in [1.29, 1.82) is 0 Å². The number of benzene rings is 1. The molecule has 0 fully saturated rings. The summed E-state index contributed by atoms with van der Waals surface area (Å²) in [7, 11) is 0. The molecule has 21 heavy (non-hydrogen) atoms. The Morgan fingerprint density at radius 2 is 2.29 bits per heavy atom. The van der Waals surface area contributed by atoms with E-state index in [-0.39, 0.29) is 17.7 Å². The van der Waals surface area contributed by atoms with Gasteiger partial charge in [0.25, 0.3) is 5.91 Å². The molecule has 2 rings (SSSR count). The van der Waals surface area contributed by atoms with Crippen molar-refractivity contribution < 1.29 is 14.3 Å². The number of amides is 2. The maximum Gasteiger partial charge on any atom is 0.286 e. The van der Waals surface area contributed by atoms with Crippen LogP contribution in [0.15, 0.2) is 34.2 Å². The topological polar surface area (TPSA) is 67.8 Å². The van der Waals surface area contributed by atoms with Crippen LogP contribution in [0.5, 0.6) is 5.75 Å². The van der Waals surface area contributed by atoms with Crippen LogP contribution in [0, 0.1) is 12.3 Å². The van der Waals surface area contributed by atoms with Crippen molar-refractivity contribution in [3.8, 4) is 18.1 Å². The summed E-state index contributed by atoms with van der Waals surface area (Å²) in [5, 5.41) is 2.77. The highest BCUT2D eigenvalue weighted by molar-refractivity contribution is 8.18. The Bertz CT molecular complexity index is 686. The van der Waals surface area contributed by atoms with Crippen molar-refractivity contribution in [3.05, 3.63) is 34.7 Å². The monoisotopic (exact) mass is 300 g/mol. The first-order chi connectivity index (χ1) is 10.1. The van der Waals surface area contributed by atoms with Crippen LogP contribution in [0.25, 0.3) is 6.08 Å². The lowest BCUT2D eigenvalue weighted by Crippen LogP contribution is -2.23. The van der Waals surface area contributed by atoms with Crippen molar-refractivity contribution in [2.75, 3.05) is 6.61 Å². The molecule has 0 aromatic heterocycles. The number of carbonyl (C=O) groups is 2. The summed E-state index contributed by atoms with van der Waals surface area (Å²) in [5.41, 5.74) is 0.725. The third kappa shape index (κ3) is 3.97. The SMILES string of the molecule is C#CCOc1ccccc1/C=C1/SC(NC(C)=O)=NC1=O. The van der Waals surface area contributed by atoms with Gasteiger partial charge < -0.3 is 10.1 Å². The summed E-state index contributed by atoms with van der Waals surface area (Å²) >= 11 is 1.11. The lowest BCUT2D eigenvalue weighted by Gasteiger charge is -2.06. The van der Waals surface area contributed by atoms with E-state index in [2.05, 4.69) is 16.2 Å². The number of terminal acetylenes is 1. The van der Waals surface area contributed by atoms with Crippen molar-refractivity contribution in [3.63, 3.8) is 0 Å². The number of rotatable bonds is 3. The van der Waals surface area contributed by atoms with Gasteiger partial charge >= 0.3 is 0 Å². The number of aliphatic imine (C=N–C) groups is 1. The Balaban J connectivity index is 2.20. The summed E-state index contributed by atoms with van der Waals surface area (Å²) in [6, 6.07) is 7.22. The van der Waals surface area contributed by atoms with Gasteiger partial charge in [0, 0.05) is 12.5 Å². The first-order valence-corrected chi connectivity index (χ1v) is 6.87. The number of para-hydroxylation sites is 1. The maximum absolute atomic E-state index is 11.8. The van der Waals surface area contributed by atoms with E-state index in [9.17, 15) is 9.59 Å². The second kappa shape index (κ2) is 6.77. The van der Waals surface area contributed by atoms with E-state index in [1.165, 1.54) is 6.92 Å². The van der Waals surface area contributed by atoms with Crippen LogP contribution in [0.2, 0.25) is 0 Å². The van der Waals surface area contributed by atoms with E-state index in [0.717, 1.165) is 17.3 Å². The van der Waals surface area contributed by atoms with E-state index in [0.29, 0.717) is 10.7 Å². The minimum atomic E-state index is -0.393. The standard InChI is InChI=1S/C15H12N2O3S/c1-3-8-20-12-7-5-4-6-11(12)9-13-14(19)17-15(21-13)16-10(2)18/h1,4-7,9H,8H2,2H3,(H,16,17,18,19)/b13-9+. The van der Waals surface area contributed by atoms with Gasteiger partial charge in [0.15, 0.2) is 5.17 Å². The van der Waals surface area contributed by atoms with Crippen molar-refractivity contribution in [2.45, 2.75) is 6.92 Å². The van der Waals surface area contributed by atoms with Crippen molar-refractivity contribution in [1.82, 2.24) is 5.32 Å². The Morgan fingerprint density at radius 1 is 1.52 bits per heavy atom. The molecule has 1 aromatic rings. The van der Waals surface area contributed by atoms with Gasteiger partial charge in [-0.3, -0.25) is 9.59 Å². The zero-order valence-electron chi connectivity index (χ0n) is 11.3. The second-order valence-electron chi connectivity index (χ2n) is 4.04. The van der Waals surface area contributed by atoms with Gasteiger partial charge in [-0.25, -0.2) is 0 Å². The molecule has 1 N–H and O–H groups in total. The third-order valence-electron chi connectivity index (χ3n) is 2.42. The van der Waals surface area contributed by atoms with Gasteiger partial charge in [-0.1, -0.05) is 24.1 Å². The molecule has 0 bridgehead atoms. The fourth-order valence-corrected chi connectivity index (χ4v) is 2.46. The molecule has 106 valence electrons. The number of nitrogens with one attached hydrogen (secondary N) is 1. The number of ether oxygens (including phenoxy) is 1. The molecular formula is C15H12N2O3S. The van der Waals surface area contributed by atoms with Crippen molar-refractivity contribution >= 4 is 34.8 Å². The molecule has 6 heteroatoms. The lowest BCUT2D eigenvalue weighted by molar-refractivity contribution is -0.117. The largest absolute Gasteiger partial charge is 0.480 e. The quantitative estimate of drug-likeness (QED) is 0.683. The number of carbonyl (C=O) groups excluding carboxylic acids is 2. The number of thioether (sulfide) groups is 1. The average molecular weight is 300 g/mol. The predicted octanol–water partition coefficient (Wildman–Crippen LogP) is 1.80. The summed E-state index contributed by atoms with van der Waals surface area (Å²) in [4.78, 5) is 26.9. The molecule has 0 aliphatic carbocycles. The molecule has 1 heterocycles. The molecule has 1 aromatic carbocycles. The second-order valence-corrected chi connectivity index (χ2v) is 5.08. The van der Waals surface area contributed by atoms with Gasteiger partial charge in [-0.2, -0.15) is 4.99 Å². The zero-order valence-corrected chi connectivity index (χ0v) is 12.1. The van der Waals surface area contributed by atoms with Gasteiger partial charge in [-0.15, -0.1) is 6.42 Å². The van der Waals surface area contributed by atoms with E-state index < -0.39 is 5.91 Å². The van der Waals surface area contributed by atoms with Crippen LogP contribution in [-0.4, -0.2) is 23.6 Å². The number of hydrogen-bond donors (Lipinski definition) is 1. The molecule has 0 saturated carbocycles. The third-order valence-corrected chi connectivity index (χ3v) is 3.32. The van der Waals surface area contributed by atoms with Crippen LogP contribution in [0.3, 0.4) is 0 Å². The molecule has 1 aliphatic heterocycles. The Hall–Kier alpha value is -2.52. The molecule has 2 amide bonds. The fourth-order valence-electron chi connectivity index (χ4n) is 1.61. The van der Waals surface area contributed by atoms with Gasteiger partial charge in [0.1, 0.15) is 12.4 Å². The van der Waals surface area contributed by atoms with Crippen LogP contribution < -0.4 is 10.1 Å². The van der Waals surface area contributed by atoms with E-state index in [1.54, 1.807) is 12.1 Å². The molecule has 0 atom stereocenters. The summed E-state index contributed by atoms with van der Waals surface area (Å²) < 4.78 is 5.41. The normalized spacial score (nSPS) is 15.5. The lowest BCUT2D eigenvalue weighted by atomic mass is 10.2. The molecule has 0 radical (unpaired) electrons. The molecule has 1 aliphatic rings. The highest BCUT2D eigenvalue weighted by Crippen LogP contribution is 2.30. The van der Waals surface area contributed by atoms with Crippen LogP contribution in [-0.2, 0) is 9.59 Å². The highest BCUT2D eigenvalue weighted by Gasteiger charge is 2.22. The number of nitrogens with zero attached hydrogens (tertiary/aromatic N) is 1. The minimum Gasteiger partial charge on any atom is -0.480 e. The number of amidine groups is 1. The summed E-state index contributed by atoms with van der Waals surface area (Å²) in [6.45, 7) is 1.51. The Kier molecular flexibility index (Phi) is 4.80. The van der Waals surface area contributed by atoms with E-state index >= 15 is 0 Å². The molecule has 0 spiro atoms. The Labute approximate surface area is 126 Å². The molecule has 0 saturated heterocycles. The molecular weight excluding hydrogens is 288 g/mol. The van der Waals surface area contributed by atoms with Crippen LogP contribution >= 0.6 is 11.8 Å². The van der Waals surface area contributed by atoms with Crippen molar-refractivity contribution in [2.24, 2.45) is 4.99 Å². The predicted molar refractivity (Wildman–Crippen MR) is 82.6 cm³/mol. The minimum absolute atomic E-state index is 0.148. The zero-order chi connectivity index (χ0) is 15.2. The maximum atomic E-state index is 11.8. The summed E-state index contributed by atoms with van der Waals surface area (Å²) in [6.07, 6.45) is 6.83. The van der Waals surface area contributed by atoms with E-state index in [4.69, 9.17) is 11.2 Å².